The zero-order valence-corrected chi connectivity index (χ0v) is 11.5. The van der Waals surface area contributed by atoms with Crippen LogP contribution in [0.25, 0.3) is 0 Å². The third kappa shape index (κ3) is 4.38. The van der Waals surface area contributed by atoms with E-state index in [-0.39, 0.29) is 6.42 Å². The quantitative estimate of drug-likeness (QED) is 0.884. The molecule has 1 aromatic heterocycles. The molecule has 0 saturated heterocycles. The van der Waals surface area contributed by atoms with Crippen molar-refractivity contribution in [2.24, 2.45) is 5.92 Å². The number of hydrogen-bond donors (Lipinski definition) is 1. The van der Waals surface area contributed by atoms with Gasteiger partial charge in [0.05, 0.1) is 6.54 Å². The molecule has 20 heavy (non-hydrogen) atoms. The van der Waals surface area contributed by atoms with E-state index in [1.165, 1.54) is 12.1 Å². The van der Waals surface area contributed by atoms with E-state index in [1.807, 2.05) is 0 Å². The lowest BCUT2D eigenvalue weighted by atomic mass is 10.1. The molecule has 108 valence electrons. The first-order valence-corrected chi connectivity index (χ1v) is 6.50. The highest BCUT2D eigenvalue weighted by molar-refractivity contribution is 5.21. The van der Waals surface area contributed by atoms with Gasteiger partial charge in [-0.1, -0.05) is 19.0 Å². The minimum atomic E-state index is -0.609. The fourth-order valence-electron chi connectivity index (χ4n) is 1.80. The molecule has 2 rings (SSSR count). The highest BCUT2D eigenvalue weighted by Gasteiger charge is 2.09. The Morgan fingerprint density at radius 2 is 1.90 bits per heavy atom. The van der Waals surface area contributed by atoms with Crippen LogP contribution in [-0.4, -0.2) is 16.7 Å². The van der Waals surface area contributed by atoms with E-state index in [2.05, 4.69) is 29.3 Å². The average molecular weight is 281 g/mol. The molecule has 1 aromatic carbocycles. The summed E-state index contributed by atoms with van der Waals surface area (Å²) in [6.07, 6.45) is 0.238. The van der Waals surface area contributed by atoms with Crippen molar-refractivity contribution in [1.29, 1.82) is 0 Å². The predicted molar refractivity (Wildman–Crippen MR) is 70.0 cm³/mol. The molecule has 0 spiro atoms. The van der Waals surface area contributed by atoms with Gasteiger partial charge in [0.1, 0.15) is 11.6 Å². The molecule has 0 unspecified atom stereocenters. The van der Waals surface area contributed by atoms with Crippen molar-refractivity contribution in [3.05, 3.63) is 47.1 Å². The third-order valence-corrected chi connectivity index (χ3v) is 2.62. The number of rotatable bonds is 6. The van der Waals surface area contributed by atoms with Crippen molar-refractivity contribution >= 4 is 0 Å². The van der Waals surface area contributed by atoms with Crippen LogP contribution in [0.4, 0.5) is 8.78 Å². The summed E-state index contributed by atoms with van der Waals surface area (Å²) in [5.74, 6) is 0.200. The minimum Gasteiger partial charge on any atom is -0.338 e. The number of benzene rings is 1. The van der Waals surface area contributed by atoms with Gasteiger partial charge in [-0.15, -0.1) is 0 Å². The van der Waals surface area contributed by atoms with Crippen LogP contribution >= 0.6 is 0 Å². The maximum Gasteiger partial charge on any atom is 0.240 e. The van der Waals surface area contributed by atoms with Gasteiger partial charge in [-0.2, -0.15) is 4.98 Å². The maximum absolute atomic E-state index is 13.1. The van der Waals surface area contributed by atoms with Crippen LogP contribution in [0.5, 0.6) is 0 Å². The van der Waals surface area contributed by atoms with Crippen LogP contribution in [0.2, 0.25) is 0 Å². The van der Waals surface area contributed by atoms with Crippen molar-refractivity contribution in [3.8, 4) is 0 Å². The lowest BCUT2D eigenvalue weighted by molar-refractivity contribution is 0.360. The first kappa shape index (κ1) is 14.6. The second-order valence-corrected chi connectivity index (χ2v) is 5.08. The van der Waals surface area contributed by atoms with Crippen LogP contribution in [-0.2, 0) is 13.0 Å². The Labute approximate surface area is 116 Å². The van der Waals surface area contributed by atoms with Crippen LogP contribution in [0.3, 0.4) is 0 Å². The summed E-state index contributed by atoms with van der Waals surface area (Å²) in [5.41, 5.74) is 0.477. The third-order valence-electron chi connectivity index (χ3n) is 2.62. The van der Waals surface area contributed by atoms with Crippen LogP contribution < -0.4 is 5.32 Å². The number of nitrogens with one attached hydrogen (secondary N) is 1. The fraction of sp³-hybridized carbons (Fsp3) is 0.429. The van der Waals surface area contributed by atoms with Gasteiger partial charge in [-0.05, 0) is 30.2 Å². The summed E-state index contributed by atoms with van der Waals surface area (Å²) in [6, 6.07) is 3.35. The summed E-state index contributed by atoms with van der Waals surface area (Å²) in [7, 11) is 0. The van der Waals surface area contributed by atoms with Gasteiger partial charge in [0, 0.05) is 12.5 Å². The SMILES string of the molecule is CC(C)CNCc1nc(Cc2cc(F)cc(F)c2)no1. The molecule has 0 aliphatic rings. The topological polar surface area (TPSA) is 51.0 Å². The Morgan fingerprint density at radius 3 is 2.55 bits per heavy atom. The standard InChI is InChI=1S/C14H17F2N3O/c1-9(2)7-17-8-14-18-13(19-20-14)5-10-3-11(15)6-12(16)4-10/h3-4,6,9,17H,5,7-8H2,1-2H3. The van der Waals surface area contributed by atoms with Crippen molar-refractivity contribution in [2.75, 3.05) is 6.54 Å². The van der Waals surface area contributed by atoms with Gasteiger partial charge < -0.3 is 9.84 Å². The summed E-state index contributed by atoms with van der Waals surface area (Å²) in [5, 5.41) is 6.98. The Balaban J connectivity index is 1.95. The molecule has 0 bridgehead atoms. The molecule has 6 heteroatoms. The molecular weight excluding hydrogens is 264 g/mol. The zero-order chi connectivity index (χ0) is 14.5. The smallest absolute Gasteiger partial charge is 0.240 e. The summed E-state index contributed by atoms with van der Waals surface area (Å²) < 4.78 is 31.2. The second kappa shape index (κ2) is 6.56. The van der Waals surface area contributed by atoms with Gasteiger partial charge in [0.25, 0.3) is 0 Å². The zero-order valence-electron chi connectivity index (χ0n) is 11.5. The van der Waals surface area contributed by atoms with Crippen molar-refractivity contribution in [3.63, 3.8) is 0 Å². The molecule has 0 aliphatic heterocycles. The molecule has 0 aliphatic carbocycles. The molecule has 0 saturated carbocycles. The van der Waals surface area contributed by atoms with E-state index in [1.54, 1.807) is 0 Å². The van der Waals surface area contributed by atoms with E-state index in [4.69, 9.17) is 4.52 Å². The molecule has 0 radical (unpaired) electrons. The van der Waals surface area contributed by atoms with E-state index >= 15 is 0 Å². The van der Waals surface area contributed by atoms with E-state index < -0.39 is 11.6 Å². The summed E-state index contributed by atoms with van der Waals surface area (Å²) in [6.45, 7) is 5.55. The predicted octanol–water partition coefficient (Wildman–Crippen LogP) is 2.68. The second-order valence-electron chi connectivity index (χ2n) is 5.08. The number of nitrogens with zero attached hydrogens (tertiary/aromatic N) is 2. The largest absolute Gasteiger partial charge is 0.338 e. The molecule has 1 N–H and O–H groups in total. The number of aromatic nitrogens is 2. The fourth-order valence-corrected chi connectivity index (χ4v) is 1.80. The Hall–Kier alpha value is -1.82. The minimum absolute atomic E-state index is 0.238. The Morgan fingerprint density at radius 1 is 1.20 bits per heavy atom. The van der Waals surface area contributed by atoms with E-state index in [0.29, 0.717) is 29.7 Å². The maximum atomic E-state index is 13.1. The molecule has 0 fully saturated rings. The molecule has 0 atom stereocenters. The molecule has 1 heterocycles. The average Bonchev–Trinajstić information content (AvgIpc) is 2.74. The van der Waals surface area contributed by atoms with E-state index in [9.17, 15) is 8.78 Å². The molecular formula is C14H17F2N3O. The monoisotopic (exact) mass is 281 g/mol. The number of hydrogen-bond acceptors (Lipinski definition) is 4. The number of halogens is 2. The van der Waals surface area contributed by atoms with Gasteiger partial charge >= 0.3 is 0 Å². The Bertz CT molecular complexity index is 549. The molecule has 4 nitrogen and oxygen atoms in total. The van der Waals surface area contributed by atoms with Crippen molar-refractivity contribution in [2.45, 2.75) is 26.8 Å². The van der Waals surface area contributed by atoms with Gasteiger partial charge in [-0.3, -0.25) is 0 Å². The van der Waals surface area contributed by atoms with Crippen LogP contribution in [0.1, 0.15) is 31.1 Å². The van der Waals surface area contributed by atoms with Crippen LogP contribution in [0.15, 0.2) is 22.7 Å². The highest BCUT2D eigenvalue weighted by Crippen LogP contribution is 2.11. The van der Waals surface area contributed by atoms with Gasteiger partial charge in [0.15, 0.2) is 5.82 Å². The normalized spacial score (nSPS) is 11.2. The lowest BCUT2D eigenvalue weighted by Crippen LogP contribution is -2.19. The van der Waals surface area contributed by atoms with Crippen molar-refractivity contribution < 1.29 is 13.3 Å². The highest BCUT2D eigenvalue weighted by atomic mass is 19.1. The van der Waals surface area contributed by atoms with E-state index in [0.717, 1.165) is 12.6 Å². The first-order valence-electron chi connectivity index (χ1n) is 6.50. The van der Waals surface area contributed by atoms with Gasteiger partial charge in [-0.25, -0.2) is 8.78 Å². The summed E-state index contributed by atoms with van der Waals surface area (Å²) in [4.78, 5) is 4.18. The van der Waals surface area contributed by atoms with Crippen molar-refractivity contribution in [1.82, 2.24) is 15.5 Å². The van der Waals surface area contributed by atoms with Gasteiger partial charge in [0.2, 0.25) is 5.89 Å². The Kier molecular flexibility index (Phi) is 4.79. The molecule has 2 aromatic rings. The summed E-state index contributed by atoms with van der Waals surface area (Å²) >= 11 is 0. The molecule has 0 amide bonds. The van der Waals surface area contributed by atoms with Crippen LogP contribution in [0, 0.1) is 17.6 Å². The first-order chi connectivity index (χ1) is 9.52. The lowest BCUT2D eigenvalue weighted by Gasteiger charge is -2.03.